The molecule has 142 valence electrons. The zero-order chi connectivity index (χ0) is 18.6. The van der Waals surface area contributed by atoms with Gasteiger partial charge in [0.05, 0.1) is 17.5 Å². The summed E-state index contributed by atoms with van der Waals surface area (Å²) in [7, 11) is 0. The van der Waals surface area contributed by atoms with Crippen LogP contribution in [0.2, 0.25) is 0 Å². The Balaban J connectivity index is 1.57. The van der Waals surface area contributed by atoms with Crippen LogP contribution in [0.15, 0.2) is 35.3 Å². The molecule has 0 saturated carbocycles. The second kappa shape index (κ2) is 8.24. The van der Waals surface area contributed by atoms with Crippen LogP contribution in [0, 0.1) is 0 Å². The molecule has 1 unspecified atom stereocenters. The largest absolute Gasteiger partial charge is 0.377 e. The van der Waals surface area contributed by atoms with Crippen LogP contribution in [-0.2, 0) is 24.2 Å². The summed E-state index contributed by atoms with van der Waals surface area (Å²) in [4.78, 5) is 24.5. The number of nitrogens with zero attached hydrogens (tertiary/aromatic N) is 5. The maximum atomic E-state index is 12.4. The van der Waals surface area contributed by atoms with Crippen LogP contribution in [0.5, 0.6) is 0 Å². The summed E-state index contributed by atoms with van der Waals surface area (Å²) in [5.74, 6) is 0. The second-order valence-corrected chi connectivity index (χ2v) is 7.80. The van der Waals surface area contributed by atoms with Gasteiger partial charge in [0.1, 0.15) is 5.01 Å². The Morgan fingerprint density at radius 2 is 2.22 bits per heavy atom. The summed E-state index contributed by atoms with van der Waals surface area (Å²) in [6, 6.07) is 7.52. The highest BCUT2D eigenvalue weighted by Gasteiger charge is 2.21. The number of aryl methyl sites for hydroxylation is 1. The minimum Gasteiger partial charge on any atom is -0.377 e. The van der Waals surface area contributed by atoms with Crippen LogP contribution >= 0.6 is 11.3 Å². The fourth-order valence-electron chi connectivity index (χ4n) is 3.33. The lowest BCUT2D eigenvalue weighted by molar-refractivity contribution is 0.0670. The van der Waals surface area contributed by atoms with E-state index >= 15 is 0 Å². The van der Waals surface area contributed by atoms with E-state index in [1.807, 2.05) is 25.1 Å². The standard InChI is InChI=1S/C19H23N5O2S/c1-2-17-22-24-18(25)10-15(21-19(24)27-17)12-23(13-16-7-5-9-26-16)11-14-6-3-4-8-20-14/h3-4,6,8,10,16H,2,5,7,9,11-13H2,1H3. The quantitative estimate of drug-likeness (QED) is 0.621. The molecule has 3 aromatic heterocycles. The van der Waals surface area contributed by atoms with E-state index in [1.54, 1.807) is 12.3 Å². The Labute approximate surface area is 161 Å². The Hall–Kier alpha value is -2.16. The van der Waals surface area contributed by atoms with Gasteiger partial charge in [-0.05, 0) is 31.4 Å². The summed E-state index contributed by atoms with van der Waals surface area (Å²) in [6.07, 6.45) is 5.01. The first-order chi connectivity index (χ1) is 13.2. The lowest BCUT2D eigenvalue weighted by Crippen LogP contribution is -2.32. The lowest BCUT2D eigenvalue weighted by atomic mass is 10.2. The van der Waals surface area contributed by atoms with E-state index in [1.165, 1.54) is 15.9 Å². The van der Waals surface area contributed by atoms with Crippen LogP contribution in [0.25, 0.3) is 4.96 Å². The van der Waals surface area contributed by atoms with Gasteiger partial charge in [0, 0.05) is 38.5 Å². The topological polar surface area (TPSA) is 72.6 Å². The summed E-state index contributed by atoms with van der Waals surface area (Å²) >= 11 is 1.47. The molecule has 27 heavy (non-hydrogen) atoms. The van der Waals surface area contributed by atoms with Gasteiger partial charge >= 0.3 is 0 Å². The van der Waals surface area contributed by atoms with Gasteiger partial charge < -0.3 is 4.74 Å². The van der Waals surface area contributed by atoms with Gasteiger partial charge in [0.15, 0.2) is 0 Å². The van der Waals surface area contributed by atoms with Crippen molar-refractivity contribution in [2.45, 2.75) is 45.4 Å². The number of aromatic nitrogens is 4. The molecule has 0 radical (unpaired) electrons. The number of fused-ring (bicyclic) bond motifs is 1. The molecule has 0 aromatic carbocycles. The molecule has 1 saturated heterocycles. The number of hydrogen-bond donors (Lipinski definition) is 0. The molecule has 8 heteroatoms. The first-order valence-corrected chi connectivity index (χ1v) is 10.2. The van der Waals surface area contributed by atoms with Gasteiger partial charge in [-0.15, -0.1) is 0 Å². The third kappa shape index (κ3) is 4.40. The lowest BCUT2D eigenvalue weighted by Gasteiger charge is -2.24. The smallest absolute Gasteiger partial charge is 0.275 e. The molecule has 3 aromatic rings. The summed E-state index contributed by atoms with van der Waals surface area (Å²) < 4.78 is 7.21. The predicted octanol–water partition coefficient (Wildman–Crippen LogP) is 2.29. The van der Waals surface area contributed by atoms with Crippen molar-refractivity contribution >= 4 is 16.3 Å². The highest BCUT2D eigenvalue weighted by molar-refractivity contribution is 7.16. The minimum atomic E-state index is -0.124. The van der Waals surface area contributed by atoms with Crippen LogP contribution in [0.3, 0.4) is 0 Å². The first kappa shape index (κ1) is 18.2. The highest BCUT2D eigenvalue weighted by atomic mass is 32.1. The molecule has 0 bridgehead atoms. The predicted molar refractivity (Wildman–Crippen MR) is 104 cm³/mol. The Morgan fingerprint density at radius 1 is 1.33 bits per heavy atom. The normalized spacial score (nSPS) is 17.2. The molecular weight excluding hydrogens is 362 g/mol. The fourth-order valence-corrected chi connectivity index (χ4v) is 4.19. The molecule has 1 atom stereocenters. The van der Waals surface area contributed by atoms with Crippen molar-refractivity contribution in [3.05, 3.63) is 57.2 Å². The van der Waals surface area contributed by atoms with E-state index < -0.39 is 0 Å². The van der Waals surface area contributed by atoms with Gasteiger partial charge in [-0.25, -0.2) is 4.98 Å². The van der Waals surface area contributed by atoms with Crippen LogP contribution in [0.4, 0.5) is 0 Å². The third-order valence-corrected chi connectivity index (χ3v) is 5.68. The maximum Gasteiger partial charge on any atom is 0.275 e. The monoisotopic (exact) mass is 385 g/mol. The van der Waals surface area contributed by atoms with Crippen molar-refractivity contribution < 1.29 is 4.74 Å². The molecule has 1 aliphatic rings. The SMILES string of the molecule is CCc1nn2c(=O)cc(CN(Cc3ccccn3)CC3CCCO3)nc2s1. The van der Waals surface area contributed by atoms with Crippen molar-refractivity contribution in [2.75, 3.05) is 13.2 Å². The molecular formula is C19H23N5O2S. The van der Waals surface area contributed by atoms with Crippen LogP contribution in [0.1, 0.15) is 36.2 Å². The molecule has 4 heterocycles. The van der Waals surface area contributed by atoms with Crippen molar-refractivity contribution in [1.29, 1.82) is 0 Å². The molecule has 0 spiro atoms. The average molecular weight is 385 g/mol. The van der Waals surface area contributed by atoms with Crippen LogP contribution in [-0.4, -0.2) is 43.7 Å². The average Bonchev–Trinajstić information content (AvgIpc) is 3.32. The van der Waals surface area contributed by atoms with Gasteiger partial charge in [-0.1, -0.05) is 24.3 Å². The van der Waals surface area contributed by atoms with E-state index in [0.29, 0.717) is 18.1 Å². The summed E-state index contributed by atoms with van der Waals surface area (Å²) in [6.45, 7) is 4.95. The number of pyridine rings is 1. The molecule has 1 fully saturated rings. The van der Waals surface area contributed by atoms with Crippen molar-refractivity contribution in [3.8, 4) is 0 Å². The van der Waals surface area contributed by atoms with E-state index in [-0.39, 0.29) is 11.7 Å². The molecule has 1 aliphatic heterocycles. The first-order valence-electron chi connectivity index (χ1n) is 9.34. The van der Waals surface area contributed by atoms with E-state index in [4.69, 9.17) is 4.74 Å². The number of rotatable bonds is 7. The molecule has 4 rings (SSSR count). The zero-order valence-corrected chi connectivity index (χ0v) is 16.2. The second-order valence-electron chi connectivity index (χ2n) is 6.76. The number of hydrogen-bond acceptors (Lipinski definition) is 7. The summed E-state index contributed by atoms with van der Waals surface area (Å²) in [5, 5.41) is 5.24. The van der Waals surface area contributed by atoms with E-state index in [2.05, 4.69) is 20.0 Å². The third-order valence-electron chi connectivity index (χ3n) is 4.63. The van der Waals surface area contributed by atoms with Gasteiger partial charge in [0.25, 0.3) is 5.56 Å². The van der Waals surface area contributed by atoms with Gasteiger partial charge in [-0.2, -0.15) is 9.61 Å². The highest BCUT2D eigenvalue weighted by Crippen LogP contribution is 2.17. The fraction of sp³-hybridized carbons (Fsp3) is 0.474. The van der Waals surface area contributed by atoms with E-state index in [9.17, 15) is 4.79 Å². The van der Waals surface area contributed by atoms with Gasteiger partial charge in [0.2, 0.25) is 4.96 Å². The molecule has 0 N–H and O–H groups in total. The van der Waals surface area contributed by atoms with Crippen molar-refractivity contribution in [3.63, 3.8) is 0 Å². The Bertz CT molecular complexity index is 950. The molecule has 0 amide bonds. The Morgan fingerprint density at radius 3 is 2.96 bits per heavy atom. The van der Waals surface area contributed by atoms with Crippen molar-refractivity contribution in [1.82, 2.24) is 24.5 Å². The Kier molecular flexibility index (Phi) is 5.56. The maximum absolute atomic E-state index is 12.4. The zero-order valence-electron chi connectivity index (χ0n) is 15.4. The summed E-state index contributed by atoms with van der Waals surface area (Å²) in [5.41, 5.74) is 1.64. The van der Waals surface area contributed by atoms with Crippen molar-refractivity contribution in [2.24, 2.45) is 0 Å². The minimum absolute atomic E-state index is 0.124. The molecule has 7 nitrogen and oxygen atoms in total. The number of ether oxygens (including phenoxy) is 1. The van der Waals surface area contributed by atoms with Crippen LogP contribution < -0.4 is 5.56 Å². The van der Waals surface area contributed by atoms with Gasteiger partial charge in [-0.3, -0.25) is 14.7 Å². The molecule has 0 aliphatic carbocycles. The van der Waals surface area contributed by atoms with E-state index in [0.717, 1.165) is 48.8 Å².